The maximum atomic E-state index is 13.0. The topological polar surface area (TPSA) is 46.2 Å². The highest BCUT2D eigenvalue weighted by Crippen LogP contribution is 2.29. The summed E-state index contributed by atoms with van der Waals surface area (Å²) in [5.41, 5.74) is 5.89. The van der Waals surface area contributed by atoms with Crippen molar-refractivity contribution in [2.45, 2.75) is 6.04 Å². The number of hydrogen-bond donors (Lipinski definition) is 2. The Bertz CT molecular complexity index is 346. The fraction of sp³-hybridized carbons (Fsp3) is 0.111. The number of benzene rings is 1. The number of rotatable bonds is 2. The van der Waals surface area contributed by atoms with Crippen LogP contribution in [0.4, 0.5) is 4.39 Å². The van der Waals surface area contributed by atoms with Gasteiger partial charge in [-0.15, -0.1) is 19.0 Å². The molecule has 0 saturated carbocycles. The molecule has 1 rings (SSSR count). The lowest BCUT2D eigenvalue weighted by atomic mass is 10.1. The predicted molar refractivity (Wildman–Crippen MR) is 60.1 cm³/mol. The minimum atomic E-state index is -0.693. The zero-order valence-corrected chi connectivity index (χ0v) is 9.61. The average Bonchev–Trinajstić information content (AvgIpc) is 2.10. The lowest BCUT2D eigenvalue weighted by Gasteiger charge is -2.10. The Morgan fingerprint density at radius 3 is 2.64 bits per heavy atom. The van der Waals surface area contributed by atoms with Crippen molar-refractivity contribution in [1.29, 1.82) is 0 Å². The molecule has 2 nitrogen and oxygen atoms in total. The molecule has 0 bridgehead atoms. The van der Waals surface area contributed by atoms with Gasteiger partial charge in [0.15, 0.2) is 11.6 Å². The Labute approximate surface area is 96.2 Å². The summed E-state index contributed by atoms with van der Waals surface area (Å²) in [6.07, 6.45) is 1.43. The van der Waals surface area contributed by atoms with E-state index in [2.05, 4.69) is 22.5 Å². The number of phenolic OH excluding ortho intramolecular Hbond substituents is 1. The molecule has 0 radical (unpaired) electrons. The van der Waals surface area contributed by atoms with E-state index >= 15 is 0 Å². The molecule has 78 valence electrons. The molecule has 0 aliphatic carbocycles. The van der Waals surface area contributed by atoms with Gasteiger partial charge in [0.2, 0.25) is 0 Å². The molecule has 1 atom stereocenters. The van der Waals surface area contributed by atoms with Crippen molar-refractivity contribution in [3.8, 4) is 5.75 Å². The molecule has 0 aliphatic rings. The third kappa shape index (κ3) is 2.70. The molecule has 0 fully saturated rings. The van der Waals surface area contributed by atoms with E-state index in [9.17, 15) is 9.50 Å². The zero-order chi connectivity index (χ0) is 10.0. The molecule has 0 aromatic heterocycles. The van der Waals surface area contributed by atoms with Gasteiger partial charge in [-0.05, 0) is 12.1 Å². The Kier molecular flexibility index (Phi) is 5.12. The smallest absolute Gasteiger partial charge is 0.166 e. The first-order chi connectivity index (χ1) is 6.06. The molecule has 1 aromatic carbocycles. The van der Waals surface area contributed by atoms with Gasteiger partial charge in [-0.2, -0.15) is 0 Å². The van der Waals surface area contributed by atoms with Gasteiger partial charge in [-0.25, -0.2) is 4.39 Å². The zero-order valence-electron chi connectivity index (χ0n) is 7.21. The van der Waals surface area contributed by atoms with Gasteiger partial charge < -0.3 is 10.8 Å². The molecule has 0 heterocycles. The number of halogens is 3. The first-order valence-electron chi connectivity index (χ1n) is 3.62. The standard InChI is InChI=1S/C9H9BrFNO.ClH/c1-2-8(12)6-3-5(10)4-7(11)9(6)13;/h2-4,8,13H,1,12H2;1H/t8-;/m0./s1. The highest BCUT2D eigenvalue weighted by Gasteiger charge is 2.12. The van der Waals surface area contributed by atoms with Gasteiger partial charge in [-0.3, -0.25) is 0 Å². The van der Waals surface area contributed by atoms with Gasteiger partial charge in [-0.1, -0.05) is 22.0 Å². The van der Waals surface area contributed by atoms with Crippen molar-refractivity contribution >= 4 is 28.3 Å². The van der Waals surface area contributed by atoms with Crippen LogP contribution in [-0.4, -0.2) is 5.11 Å². The summed E-state index contributed by atoms with van der Waals surface area (Å²) in [6.45, 7) is 3.46. The van der Waals surface area contributed by atoms with E-state index in [1.54, 1.807) is 6.07 Å². The summed E-state index contributed by atoms with van der Waals surface area (Å²) in [5, 5.41) is 9.30. The van der Waals surface area contributed by atoms with Crippen LogP contribution in [0.15, 0.2) is 29.3 Å². The van der Waals surface area contributed by atoms with Crippen LogP contribution in [0.5, 0.6) is 5.75 Å². The van der Waals surface area contributed by atoms with Gasteiger partial charge in [0.1, 0.15) is 0 Å². The Balaban J connectivity index is 0.00000169. The largest absolute Gasteiger partial charge is 0.505 e. The Morgan fingerprint density at radius 2 is 2.14 bits per heavy atom. The van der Waals surface area contributed by atoms with Crippen LogP contribution in [0.1, 0.15) is 11.6 Å². The Hall–Kier alpha value is -0.580. The number of hydrogen-bond acceptors (Lipinski definition) is 2. The molecule has 3 N–H and O–H groups in total. The van der Waals surface area contributed by atoms with Crippen molar-refractivity contribution in [2.75, 3.05) is 0 Å². The average molecular weight is 283 g/mol. The summed E-state index contributed by atoms with van der Waals surface area (Å²) < 4.78 is 13.5. The summed E-state index contributed by atoms with van der Waals surface area (Å²) in [5.74, 6) is -1.11. The van der Waals surface area contributed by atoms with E-state index < -0.39 is 17.6 Å². The molecule has 5 heteroatoms. The minimum Gasteiger partial charge on any atom is -0.505 e. The molecule has 0 unspecified atom stereocenters. The van der Waals surface area contributed by atoms with Crippen LogP contribution >= 0.6 is 28.3 Å². The van der Waals surface area contributed by atoms with Crippen molar-refractivity contribution in [2.24, 2.45) is 5.73 Å². The van der Waals surface area contributed by atoms with E-state index in [-0.39, 0.29) is 12.4 Å². The monoisotopic (exact) mass is 281 g/mol. The number of aromatic hydroxyl groups is 1. The minimum absolute atomic E-state index is 0. The molecule has 0 aliphatic heterocycles. The lowest BCUT2D eigenvalue weighted by Crippen LogP contribution is -2.07. The predicted octanol–water partition coefficient (Wildman–Crippen LogP) is 2.90. The van der Waals surface area contributed by atoms with E-state index in [4.69, 9.17) is 5.73 Å². The third-order valence-electron chi connectivity index (χ3n) is 1.67. The molecular weight excluding hydrogens is 272 g/mol. The fourth-order valence-electron chi connectivity index (χ4n) is 0.967. The molecular formula is C9H10BrClFNO. The van der Waals surface area contributed by atoms with Crippen LogP contribution in [0.25, 0.3) is 0 Å². The van der Waals surface area contributed by atoms with Crippen molar-refractivity contribution in [3.05, 3.63) is 40.6 Å². The second kappa shape index (κ2) is 5.34. The van der Waals surface area contributed by atoms with Crippen LogP contribution in [0.2, 0.25) is 0 Å². The van der Waals surface area contributed by atoms with E-state index in [0.717, 1.165) is 0 Å². The third-order valence-corrected chi connectivity index (χ3v) is 2.13. The molecule has 14 heavy (non-hydrogen) atoms. The summed E-state index contributed by atoms with van der Waals surface area (Å²) in [7, 11) is 0. The SMILES string of the molecule is C=C[C@H](N)c1cc(Br)cc(F)c1O.Cl. The quantitative estimate of drug-likeness (QED) is 0.819. The highest BCUT2D eigenvalue weighted by atomic mass is 79.9. The van der Waals surface area contributed by atoms with Gasteiger partial charge in [0.25, 0.3) is 0 Å². The van der Waals surface area contributed by atoms with E-state index in [1.807, 2.05) is 0 Å². The second-order valence-corrected chi connectivity index (χ2v) is 3.50. The first kappa shape index (κ1) is 13.4. The van der Waals surface area contributed by atoms with Crippen LogP contribution in [0, 0.1) is 5.82 Å². The van der Waals surface area contributed by atoms with Crippen LogP contribution in [0.3, 0.4) is 0 Å². The lowest BCUT2D eigenvalue weighted by molar-refractivity contribution is 0.423. The van der Waals surface area contributed by atoms with Crippen LogP contribution < -0.4 is 5.73 Å². The summed E-state index contributed by atoms with van der Waals surface area (Å²) in [6, 6.07) is 2.17. The molecule has 0 saturated heterocycles. The number of phenols is 1. The maximum Gasteiger partial charge on any atom is 0.166 e. The fourth-order valence-corrected chi connectivity index (χ4v) is 1.41. The number of nitrogens with two attached hydrogens (primary N) is 1. The molecule has 1 aromatic rings. The maximum absolute atomic E-state index is 13.0. The van der Waals surface area contributed by atoms with Crippen molar-refractivity contribution in [3.63, 3.8) is 0 Å². The van der Waals surface area contributed by atoms with E-state index in [1.165, 1.54) is 12.1 Å². The van der Waals surface area contributed by atoms with Crippen molar-refractivity contribution in [1.82, 2.24) is 0 Å². The first-order valence-corrected chi connectivity index (χ1v) is 4.41. The normalized spacial score (nSPS) is 11.6. The summed E-state index contributed by atoms with van der Waals surface area (Å²) in [4.78, 5) is 0. The molecule has 0 amide bonds. The second-order valence-electron chi connectivity index (χ2n) is 2.59. The highest BCUT2D eigenvalue weighted by molar-refractivity contribution is 9.10. The van der Waals surface area contributed by atoms with Gasteiger partial charge in [0, 0.05) is 10.0 Å². The Morgan fingerprint density at radius 1 is 1.57 bits per heavy atom. The van der Waals surface area contributed by atoms with Crippen LogP contribution in [-0.2, 0) is 0 Å². The van der Waals surface area contributed by atoms with E-state index in [0.29, 0.717) is 10.0 Å². The van der Waals surface area contributed by atoms with Gasteiger partial charge in [0.05, 0.1) is 6.04 Å². The molecule has 0 spiro atoms. The van der Waals surface area contributed by atoms with Crippen molar-refractivity contribution < 1.29 is 9.50 Å². The van der Waals surface area contributed by atoms with Gasteiger partial charge >= 0.3 is 0 Å². The summed E-state index contributed by atoms with van der Waals surface area (Å²) >= 11 is 3.10.